The minimum atomic E-state index is -0.618. The Bertz CT molecular complexity index is 562. The third kappa shape index (κ3) is 2.39. The molecule has 1 atom stereocenters. The molecule has 0 N–H and O–H groups in total. The van der Waals surface area contributed by atoms with Crippen molar-refractivity contribution in [2.45, 2.75) is 18.9 Å². The zero-order valence-corrected chi connectivity index (χ0v) is 12.3. The molecule has 1 fully saturated rings. The second-order valence-corrected chi connectivity index (χ2v) is 3.73. The number of carbonyl (C=O) groups is 1. The third-order valence-electron chi connectivity index (χ3n) is 2.64. The second-order valence-electron chi connectivity index (χ2n) is 3.73. The molecule has 7 nitrogen and oxygen atoms in total. The summed E-state index contributed by atoms with van der Waals surface area (Å²) in [7, 11) is 2.88. The fourth-order valence-electron chi connectivity index (χ4n) is 1.70. The van der Waals surface area contributed by atoms with Crippen LogP contribution in [0, 0.1) is 0 Å². The Morgan fingerprint density at radius 3 is 2.41 bits per heavy atom. The first kappa shape index (κ1) is 13.8. The molecule has 0 aliphatic carbocycles. The van der Waals surface area contributed by atoms with Gasteiger partial charge in [-0.05, 0) is 6.42 Å². The molecule has 0 saturated carbocycles. The number of hydrogen-bond acceptors (Lipinski definition) is 4. The number of hydrogen-bond donors (Lipinski definition) is 0. The van der Waals surface area contributed by atoms with E-state index >= 15 is 0 Å². The molecular formula is C9H11N4O3W-. The van der Waals surface area contributed by atoms with Gasteiger partial charge in [-0.2, -0.15) is 4.98 Å². The molecule has 1 unspecified atom stereocenters. The second kappa shape index (κ2) is 4.96. The van der Waals surface area contributed by atoms with E-state index in [4.69, 9.17) is 0 Å². The zero-order chi connectivity index (χ0) is 11.9. The Hall–Kier alpha value is -1.23. The number of aromatic nitrogens is 3. The van der Waals surface area contributed by atoms with Crippen molar-refractivity contribution in [3.8, 4) is 0 Å². The first-order valence-electron chi connectivity index (χ1n) is 4.88. The van der Waals surface area contributed by atoms with Crippen LogP contribution in [0.3, 0.4) is 0 Å². The molecule has 92 valence electrons. The molecule has 0 radical (unpaired) electrons. The molecule has 2 rings (SSSR count). The van der Waals surface area contributed by atoms with Crippen molar-refractivity contribution < 1.29 is 25.9 Å². The average Bonchev–Trinajstić information content (AvgIpc) is 2.67. The van der Waals surface area contributed by atoms with Crippen LogP contribution in [-0.4, -0.2) is 20.0 Å². The van der Waals surface area contributed by atoms with Gasteiger partial charge in [0.25, 0.3) is 0 Å². The molecule has 1 aliphatic heterocycles. The summed E-state index contributed by atoms with van der Waals surface area (Å²) in [5, 5.41) is 3.82. The van der Waals surface area contributed by atoms with Crippen molar-refractivity contribution in [1.29, 1.82) is 0 Å². The molecule has 1 aromatic heterocycles. The molecule has 0 spiro atoms. The molecular weight excluding hydrogens is 396 g/mol. The first-order chi connectivity index (χ1) is 7.50. The largest absolute Gasteiger partial charge is 0.645 e. The summed E-state index contributed by atoms with van der Waals surface area (Å²) in [6, 6.07) is -0.459. The van der Waals surface area contributed by atoms with Gasteiger partial charge in [0.1, 0.15) is 5.82 Å². The van der Waals surface area contributed by atoms with Gasteiger partial charge in [-0.1, -0.05) is 12.5 Å². The van der Waals surface area contributed by atoms with Gasteiger partial charge in [0.05, 0.1) is 5.91 Å². The van der Waals surface area contributed by atoms with Gasteiger partial charge in [0.15, 0.2) is 0 Å². The summed E-state index contributed by atoms with van der Waals surface area (Å²) >= 11 is 0. The predicted octanol–water partition coefficient (Wildman–Crippen LogP) is -0.788. The Kier molecular flexibility index (Phi) is 4.03. The zero-order valence-electron chi connectivity index (χ0n) is 9.41. The van der Waals surface area contributed by atoms with Crippen LogP contribution >= 0.6 is 0 Å². The number of carbonyl (C=O) groups excluding carboxylic acids is 1. The van der Waals surface area contributed by atoms with E-state index in [0.29, 0.717) is 12.8 Å². The van der Waals surface area contributed by atoms with E-state index in [0.717, 1.165) is 4.57 Å². The maximum atomic E-state index is 11.6. The van der Waals surface area contributed by atoms with Gasteiger partial charge in [-0.25, -0.2) is 14.2 Å². The smallest absolute Gasteiger partial charge is 0.353 e. The van der Waals surface area contributed by atoms with E-state index in [2.05, 4.69) is 10.3 Å². The van der Waals surface area contributed by atoms with Crippen LogP contribution in [0.4, 0.5) is 0 Å². The molecule has 1 aliphatic rings. The summed E-state index contributed by atoms with van der Waals surface area (Å²) in [6.45, 7) is 0. The third-order valence-corrected chi connectivity index (χ3v) is 2.64. The van der Waals surface area contributed by atoms with E-state index in [1.54, 1.807) is 0 Å². The summed E-state index contributed by atoms with van der Waals surface area (Å²) in [5.41, 5.74) is -1.07. The summed E-state index contributed by atoms with van der Waals surface area (Å²) < 4.78 is 2.18. The van der Waals surface area contributed by atoms with Crippen LogP contribution in [0.1, 0.15) is 24.7 Å². The Labute approximate surface area is 111 Å². The van der Waals surface area contributed by atoms with Gasteiger partial charge < -0.3 is 10.1 Å². The molecule has 0 aromatic carbocycles. The van der Waals surface area contributed by atoms with Crippen molar-refractivity contribution >= 4 is 5.91 Å². The van der Waals surface area contributed by atoms with Gasteiger partial charge >= 0.3 is 11.4 Å². The predicted molar refractivity (Wildman–Crippen MR) is 55.1 cm³/mol. The quantitative estimate of drug-likeness (QED) is 0.611. The van der Waals surface area contributed by atoms with Gasteiger partial charge in [0, 0.05) is 35.2 Å². The summed E-state index contributed by atoms with van der Waals surface area (Å²) in [6.07, 6.45) is 0.849. The molecule has 1 amide bonds. The molecule has 8 heteroatoms. The SMILES string of the molecule is Cn1c(C2CCC(=O)[N-]2)nc(=O)n(C)c1=O.[W]. The standard InChI is InChI=1S/C9H12N4O3.W/c1-12-7(5-3-4-6(14)10-5)11-8(15)13(2)9(12)16;/h5H,3-4H2,1-2H3,(H,10,14);/p-1. The van der Waals surface area contributed by atoms with Gasteiger partial charge in [0.2, 0.25) is 0 Å². The van der Waals surface area contributed by atoms with E-state index in [-0.39, 0.29) is 32.8 Å². The van der Waals surface area contributed by atoms with Crippen molar-refractivity contribution in [1.82, 2.24) is 14.1 Å². The van der Waals surface area contributed by atoms with E-state index in [9.17, 15) is 14.4 Å². The van der Waals surface area contributed by atoms with Gasteiger partial charge in [-0.3, -0.25) is 4.57 Å². The van der Waals surface area contributed by atoms with Crippen molar-refractivity contribution in [3.63, 3.8) is 0 Å². The molecule has 0 bridgehead atoms. The monoisotopic (exact) mass is 407 g/mol. The first-order valence-corrected chi connectivity index (χ1v) is 4.88. The van der Waals surface area contributed by atoms with Crippen molar-refractivity contribution in [2.24, 2.45) is 14.1 Å². The van der Waals surface area contributed by atoms with Crippen molar-refractivity contribution in [2.75, 3.05) is 0 Å². The van der Waals surface area contributed by atoms with Crippen LogP contribution in [0.5, 0.6) is 0 Å². The number of nitrogens with zero attached hydrogens (tertiary/aromatic N) is 4. The average molecular weight is 407 g/mol. The summed E-state index contributed by atoms with van der Waals surface area (Å²) in [5.74, 6) is 0.0545. The van der Waals surface area contributed by atoms with Crippen LogP contribution < -0.4 is 11.4 Å². The van der Waals surface area contributed by atoms with Crippen LogP contribution in [0.15, 0.2) is 9.59 Å². The number of rotatable bonds is 1. The van der Waals surface area contributed by atoms with Crippen LogP contribution in [0.25, 0.3) is 5.32 Å². The van der Waals surface area contributed by atoms with Crippen molar-refractivity contribution in [3.05, 3.63) is 32.1 Å². The Morgan fingerprint density at radius 2 is 1.88 bits per heavy atom. The van der Waals surface area contributed by atoms with Crippen LogP contribution in [-0.2, 0) is 40.0 Å². The molecule has 1 saturated heterocycles. The van der Waals surface area contributed by atoms with E-state index in [1.165, 1.54) is 18.7 Å². The minimum absolute atomic E-state index is 0. The molecule has 2 heterocycles. The fraction of sp³-hybridized carbons (Fsp3) is 0.556. The maximum Gasteiger partial charge on any atom is 0.353 e. The topological polar surface area (TPSA) is 88.1 Å². The van der Waals surface area contributed by atoms with Crippen LogP contribution in [0.2, 0.25) is 0 Å². The minimum Gasteiger partial charge on any atom is -0.645 e. The molecule has 1 aromatic rings. The van der Waals surface area contributed by atoms with E-state index in [1.807, 2.05) is 0 Å². The maximum absolute atomic E-state index is 11.6. The summed E-state index contributed by atoms with van der Waals surface area (Å²) in [4.78, 5) is 37.8. The normalized spacial score (nSPS) is 18.7. The molecule has 17 heavy (non-hydrogen) atoms. The number of amides is 1. The van der Waals surface area contributed by atoms with E-state index < -0.39 is 17.4 Å². The Balaban J connectivity index is 0.00000144. The fourth-order valence-corrected chi connectivity index (χ4v) is 1.70. The van der Waals surface area contributed by atoms with Gasteiger partial charge in [-0.15, -0.1) is 0 Å². The Morgan fingerprint density at radius 1 is 1.24 bits per heavy atom.